The Morgan fingerprint density at radius 2 is 1.68 bits per heavy atom. The van der Waals surface area contributed by atoms with E-state index >= 15 is 0 Å². The topological polar surface area (TPSA) is 72.8 Å². The standard InChI is InChI=1S/C20H22O5/c1-3-4-14-5-8-16(9-6-14)20(23)25-18-10-7-15(11-12-24-2)13-17(18)19(21)22/h5-10,13H,3-4,11-12H2,1-2H3,(H,21,22). The summed E-state index contributed by atoms with van der Waals surface area (Å²) in [7, 11) is 1.58. The zero-order valence-electron chi connectivity index (χ0n) is 14.5. The predicted octanol–water partition coefficient (Wildman–Crippen LogP) is 3.75. The van der Waals surface area contributed by atoms with Gasteiger partial charge in [0.15, 0.2) is 0 Å². The second kappa shape index (κ2) is 8.99. The van der Waals surface area contributed by atoms with Gasteiger partial charge in [-0.3, -0.25) is 0 Å². The molecule has 0 bridgehead atoms. The maximum Gasteiger partial charge on any atom is 0.343 e. The number of hydrogen-bond acceptors (Lipinski definition) is 4. The van der Waals surface area contributed by atoms with Crippen LogP contribution in [-0.4, -0.2) is 30.8 Å². The van der Waals surface area contributed by atoms with E-state index in [4.69, 9.17) is 9.47 Å². The number of aromatic carboxylic acids is 1. The van der Waals surface area contributed by atoms with Crippen LogP contribution in [0.1, 0.15) is 45.2 Å². The highest BCUT2D eigenvalue weighted by molar-refractivity contribution is 5.95. The Bertz CT molecular complexity index is 734. The molecule has 0 heterocycles. The molecule has 0 aromatic heterocycles. The minimum atomic E-state index is -1.14. The average molecular weight is 342 g/mol. The summed E-state index contributed by atoms with van der Waals surface area (Å²) in [6.07, 6.45) is 2.56. The molecular weight excluding hydrogens is 320 g/mol. The van der Waals surface area contributed by atoms with Crippen molar-refractivity contribution in [3.8, 4) is 5.75 Å². The number of carbonyl (C=O) groups is 2. The smallest absolute Gasteiger partial charge is 0.343 e. The number of esters is 1. The fourth-order valence-electron chi connectivity index (χ4n) is 2.46. The fourth-order valence-corrected chi connectivity index (χ4v) is 2.46. The van der Waals surface area contributed by atoms with Crippen LogP contribution in [0.5, 0.6) is 5.75 Å². The number of methoxy groups -OCH3 is 1. The van der Waals surface area contributed by atoms with Crippen molar-refractivity contribution in [1.29, 1.82) is 0 Å². The van der Waals surface area contributed by atoms with E-state index in [9.17, 15) is 14.7 Å². The first kappa shape index (κ1) is 18.7. The molecule has 132 valence electrons. The van der Waals surface area contributed by atoms with Crippen LogP contribution in [0.3, 0.4) is 0 Å². The Kier molecular flexibility index (Phi) is 6.71. The summed E-state index contributed by atoms with van der Waals surface area (Å²) in [6, 6.07) is 11.9. The number of hydrogen-bond donors (Lipinski definition) is 1. The summed E-state index contributed by atoms with van der Waals surface area (Å²) >= 11 is 0. The zero-order valence-corrected chi connectivity index (χ0v) is 14.5. The maximum absolute atomic E-state index is 12.3. The number of carboxylic acids is 1. The summed E-state index contributed by atoms with van der Waals surface area (Å²) < 4.78 is 10.3. The van der Waals surface area contributed by atoms with Crippen LogP contribution in [0.15, 0.2) is 42.5 Å². The molecule has 2 rings (SSSR count). The largest absolute Gasteiger partial charge is 0.478 e. The van der Waals surface area contributed by atoms with E-state index in [1.807, 2.05) is 12.1 Å². The van der Waals surface area contributed by atoms with Gasteiger partial charge in [0.1, 0.15) is 11.3 Å². The van der Waals surface area contributed by atoms with E-state index in [2.05, 4.69) is 6.92 Å². The number of carboxylic acid groups (broad SMARTS) is 1. The molecule has 0 aliphatic heterocycles. The van der Waals surface area contributed by atoms with E-state index in [1.54, 1.807) is 25.3 Å². The zero-order chi connectivity index (χ0) is 18.2. The monoisotopic (exact) mass is 342 g/mol. The molecule has 0 atom stereocenters. The minimum absolute atomic E-state index is 0.0374. The van der Waals surface area contributed by atoms with Crippen molar-refractivity contribution < 1.29 is 24.2 Å². The van der Waals surface area contributed by atoms with Crippen molar-refractivity contribution in [2.24, 2.45) is 0 Å². The van der Waals surface area contributed by atoms with Gasteiger partial charge in [-0.1, -0.05) is 31.5 Å². The van der Waals surface area contributed by atoms with E-state index in [1.165, 1.54) is 12.1 Å². The lowest BCUT2D eigenvalue weighted by atomic mass is 10.1. The van der Waals surface area contributed by atoms with Gasteiger partial charge in [-0.2, -0.15) is 0 Å². The van der Waals surface area contributed by atoms with Gasteiger partial charge in [0.2, 0.25) is 0 Å². The highest BCUT2D eigenvalue weighted by atomic mass is 16.5. The van der Waals surface area contributed by atoms with Crippen LogP contribution in [0.4, 0.5) is 0 Å². The maximum atomic E-state index is 12.3. The average Bonchev–Trinajstić information content (AvgIpc) is 2.61. The lowest BCUT2D eigenvalue weighted by Gasteiger charge is -2.10. The molecule has 0 saturated carbocycles. The molecule has 1 N–H and O–H groups in total. The Morgan fingerprint density at radius 1 is 1.00 bits per heavy atom. The third kappa shape index (κ3) is 5.16. The normalized spacial score (nSPS) is 10.5. The van der Waals surface area contributed by atoms with Gasteiger partial charge in [0, 0.05) is 7.11 Å². The lowest BCUT2D eigenvalue weighted by Crippen LogP contribution is -2.12. The van der Waals surface area contributed by atoms with Gasteiger partial charge in [0.05, 0.1) is 12.2 Å². The van der Waals surface area contributed by atoms with Gasteiger partial charge < -0.3 is 14.6 Å². The molecule has 0 aliphatic rings. The highest BCUT2D eigenvalue weighted by Crippen LogP contribution is 2.22. The van der Waals surface area contributed by atoms with Gasteiger partial charge >= 0.3 is 11.9 Å². The van der Waals surface area contributed by atoms with Crippen LogP contribution in [-0.2, 0) is 17.6 Å². The van der Waals surface area contributed by atoms with Gasteiger partial charge in [0.25, 0.3) is 0 Å². The van der Waals surface area contributed by atoms with Crippen LogP contribution < -0.4 is 4.74 Å². The molecule has 0 spiro atoms. The molecule has 0 saturated heterocycles. The summed E-state index contributed by atoms with van der Waals surface area (Å²) in [6.45, 7) is 2.58. The number of rotatable bonds is 8. The number of ether oxygens (including phenoxy) is 2. The summed E-state index contributed by atoms with van der Waals surface area (Å²) in [4.78, 5) is 23.7. The molecule has 0 radical (unpaired) electrons. The number of aryl methyl sites for hydroxylation is 1. The van der Waals surface area contributed by atoms with Crippen LogP contribution in [0.25, 0.3) is 0 Å². The molecule has 25 heavy (non-hydrogen) atoms. The summed E-state index contributed by atoms with van der Waals surface area (Å²) in [5.41, 5.74) is 2.31. The van der Waals surface area contributed by atoms with Crippen LogP contribution in [0, 0.1) is 0 Å². The van der Waals surface area contributed by atoms with Crippen molar-refractivity contribution in [2.75, 3.05) is 13.7 Å². The molecule has 0 unspecified atom stereocenters. The van der Waals surface area contributed by atoms with Crippen molar-refractivity contribution in [2.45, 2.75) is 26.2 Å². The molecule has 2 aromatic rings. The molecule has 0 amide bonds. The Balaban J connectivity index is 2.17. The quantitative estimate of drug-likeness (QED) is 0.584. The molecule has 0 aliphatic carbocycles. The van der Waals surface area contributed by atoms with Crippen LogP contribution >= 0.6 is 0 Å². The van der Waals surface area contributed by atoms with E-state index < -0.39 is 11.9 Å². The van der Waals surface area contributed by atoms with E-state index in [0.29, 0.717) is 18.6 Å². The molecular formula is C20H22O5. The number of carbonyl (C=O) groups excluding carboxylic acids is 1. The fraction of sp³-hybridized carbons (Fsp3) is 0.300. The molecule has 0 fully saturated rings. The number of benzene rings is 2. The predicted molar refractivity (Wildman–Crippen MR) is 94.4 cm³/mol. The molecule has 2 aromatic carbocycles. The van der Waals surface area contributed by atoms with E-state index in [0.717, 1.165) is 24.0 Å². The van der Waals surface area contributed by atoms with Crippen LogP contribution in [0.2, 0.25) is 0 Å². The Morgan fingerprint density at radius 3 is 2.28 bits per heavy atom. The van der Waals surface area contributed by atoms with Gasteiger partial charge in [-0.05, 0) is 48.2 Å². The van der Waals surface area contributed by atoms with E-state index in [-0.39, 0.29) is 11.3 Å². The molecule has 5 nitrogen and oxygen atoms in total. The van der Waals surface area contributed by atoms with Gasteiger partial charge in [-0.15, -0.1) is 0 Å². The molecule has 5 heteroatoms. The first-order chi connectivity index (χ1) is 12.0. The van der Waals surface area contributed by atoms with Crippen molar-refractivity contribution in [3.63, 3.8) is 0 Å². The lowest BCUT2D eigenvalue weighted by molar-refractivity contribution is 0.0681. The highest BCUT2D eigenvalue weighted by Gasteiger charge is 2.16. The van der Waals surface area contributed by atoms with Gasteiger partial charge in [-0.25, -0.2) is 9.59 Å². The summed E-state index contributed by atoms with van der Waals surface area (Å²) in [5, 5.41) is 9.37. The Hall–Kier alpha value is -2.66. The third-order valence-corrected chi connectivity index (χ3v) is 3.80. The third-order valence-electron chi connectivity index (χ3n) is 3.80. The Labute approximate surface area is 147 Å². The first-order valence-corrected chi connectivity index (χ1v) is 8.21. The van der Waals surface area contributed by atoms with Crippen molar-refractivity contribution in [3.05, 3.63) is 64.7 Å². The minimum Gasteiger partial charge on any atom is -0.478 e. The second-order valence-electron chi connectivity index (χ2n) is 5.71. The first-order valence-electron chi connectivity index (χ1n) is 8.21. The second-order valence-corrected chi connectivity index (χ2v) is 5.71. The van der Waals surface area contributed by atoms with Crippen molar-refractivity contribution >= 4 is 11.9 Å². The summed E-state index contributed by atoms with van der Waals surface area (Å²) in [5.74, 6) is -1.67. The SMILES string of the molecule is CCCc1ccc(C(=O)Oc2ccc(CCOC)cc2C(=O)O)cc1. The van der Waals surface area contributed by atoms with Crippen molar-refractivity contribution in [1.82, 2.24) is 0 Å².